The number of hydrogen-bond acceptors (Lipinski definition) is 5. The molecule has 2 rings (SSSR count). The Morgan fingerprint density at radius 2 is 2.06 bits per heavy atom. The van der Waals surface area contributed by atoms with E-state index < -0.39 is 5.97 Å². The Hall–Kier alpha value is -1.56. The highest BCUT2D eigenvalue weighted by Gasteiger charge is 2.24. The van der Waals surface area contributed by atoms with Crippen molar-refractivity contribution in [3.05, 3.63) is 9.75 Å². The average molecular weight is 242 g/mol. The Bertz CT molecular complexity index is 423. The monoisotopic (exact) mass is 242 g/mol. The van der Waals surface area contributed by atoms with E-state index in [2.05, 4.69) is 0 Å². The van der Waals surface area contributed by atoms with Gasteiger partial charge in [0.05, 0.1) is 11.3 Å². The molecule has 0 fully saturated rings. The lowest BCUT2D eigenvalue weighted by molar-refractivity contribution is -0.136. The van der Waals surface area contributed by atoms with Crippen LogP contribution in [0.2, 0.25) is 0 Å². The summed E-state index contributed by atoms with van der Waals surface area (Å²) in [4.78, 5) is 22.5. The summed E-state index contributed by atoms with van der Waals surface area (Å²) in [5, 5.41) is 8.61. The molecular formula is C10H10O5S. The van der Waals surface area contributed by atoms with Crippen LogP contribution < -0.4 is 9.47 Å². The van der Waals surface area contributed by atoms with Crippen molar-refractivity contribution in [3.8, 4) is 11.5 Å². The third-order valence-corrected chi connectivity index (χ3v) is 3.30. The fourth-order valence-corrected chi connectivity index (χ4v) is 2.50. The first kappa shape index (κ1) is 10.9. The van der Waals surface area contributed by atoms with Crippen LogP contribution in [0, 0.1) is 0 Å². The molecule has 6 heteroatoms. The predicted octanol–water partition coefficient (Wildman–Crippen LogP) is 1.35. The second-order valence-electron chi connectivity index (χ2n) is 3.26. The van der Waals surface area contributed by atoms with Crippen LogP contribution in [0.3, 0.4) is 0 Å². The zero-order chi connectivity index (χ0) is 11.5. The van der Waals surface area contributed by atoms with Crippen LogP contribution in [0.15, 0.2) is 0 Å². The summed E-state index contributed by atoms with van der Waals surface area (Å²) >= 11 is 1.24. The van der Waals surface area contributed by atoms with E-state index in [1.54, 1.807) is 0 Å². The minimum atomic E-state index is -0.869. The number of fused-ring (bicyclic) bond motifs is 1. The minimum Gasteiger partial charge on any atom is -0.485 e. The molecule has 0 saturated heterocycles. The van der Waals surface area contributed by atoms with Gasteiger partial charge in [-0.3, -0.25) is 9.59 Å². The van der Waals surface area contributed by atoms with Gasteiger partial charge in [-0.05, 0) is 6.42 Å². The topological polar surface area (TPSA) is 72.8 Å². The van der Waals surface area contributed by atoms with Gasteiger partial charge < -0.3 is 14.6 Å². The number of thiophene rings is 1. The first-order chi connectivity index (χ1) is 7.72. The SMILES string of the molecule is O=Cc1sc(CCC(=O)O)c2c1OCCO2. The summed E-state index contributed by atoms with van der Waals surface area (Å²) in [5.74, 6) is 0.137. The summed E-state index contributed by atoms with van der Waals surface area (Å²) in [5.41, 5.74) is 0. The first-order valence-corrected chi connectivity index (χ1v) is 5.62. The van der Waals surface area contributed by atoms with Crippen molar-refractivity contribution in [3.63, 3.8) is 0 Å². The second kappa shape index (κ2) is 4.52. The number of rotatable bonds is 4. The Kier molecular flexibility index (Phi) is 3.09. The molecule has 86 valence electrons. The molecule has 16 heavy (non-hydrogen) atoms. The summed E-state index contributed by atoms with van der Waals surface area (Å²) < 4.78 is 10.7. The molecule has 0 amide bonds. The van der Waals surface area contributed by atoms with Crippen LogP contribution in [-0.2, 0) is 11.2 Å². The average Bonchev–Trinajstić information content (AvgIpc) is 2.65. The quantitative estimate of drug-likeness (QED) is 0.807. The molecule has 0 saturated carbocycles. The van der Waals surface area contributed by atoms with Gasteiger partial charge in [-0.1, -0.05) is 0 Å². The van der Waals surface area contributed by atoms with Crippen molar-refractivity contribution < 1.29 is 24.2 Å². The van der Waals surface area contributed by atoms with Gasteiger partial charge in [0.15, 0.2) is 17.8 Å². The van der Waals surface area contributed by atoms with Crippen molar-refractivity contribution in [2.45, 2.75) is 12.8 Å². The summed E-state index contributed by atoms with van der Waals surface area (Å²) in [6, 6.07) is 0. The summed E-state index contributed by atoms with van der Waals surface area (Å²) in [6.45, 7) is 0.852. The largest absolute Gasteiger partial charge is 0.485 e. The molecule has 1 aliphatic rings. The Morgan fingerprint density at radius 3 is 2.69 bits per heavy atom. The molecule has 1 N–H and O–H groups in total. The van der Waals surface area contributed by atoms with Gasteiger partial charge >= 0.3 is 5.97 Å². The number of aldehydes is 1. The van der Waals surface area contributed by atoms with Crippen LogP contribution >= 0.6 is 11.3 Å². The highest BCUT2D eigenvalue weighted by molar-refractivity contribution is 7.14. The normalized spacial score (nSPS) is 13.5. The molecule has 0 unspecified atom stereocenters. The van der Waals surface area contributed by atoms with E-state index >= 15 is 0 Å². The summed E-state index contributed by atoms with van der Waals surface area (Å²) in [7, 11) is 0. The fourth-order valence-electron chi connectivity index (χ4n) is 1.50. The van der Waals surface area contributed by atoms with Crippen molar-refractivity contribution >= 4 is 23.6 Å². The maximum absolute atomic E-state index is 10.8. The predicted molar refractivity (Wildman–Crippen MR) is 56.7 cm³/mol. The van der Waals surface area contributed by atoms with Gasteiger partial charge in [0, 0.05) is 0 Å². The van der Waals surface area contributed by atoms with Crippen molar-refractivity contribution in [1.29, 1.82) is 0 Å². The molecule has 0 bridgehead atoms. The van der Waals surface area contributed by atoms with E-state index in [9.17, 15) is 9.59 Å². The lowest BCUT2D eigenvalue weighted by Crippen LogP contribution is -2.15. The van der Waals surface area contributed by atoms with Gasteiger partial charge in [0.25, 0.3) is 0 Å². The smallest absolute Gasteiger partial charge is 0.303 e. The van der Waals surface area contributed by atoms with E-state index in [1.807, 2.05) is 0 Å². The third kappa shape index (κ3) is 2.01. The molecular weight excluding hydrogens is 232 g/mol. The molecule has 0 aliphatic carbocycles. The maximum atomic E-state index is 10.8. The standard InChI is InChI=1S/C10H10O5S/c11-5-7-10-9(14-3-4-15-10)6(16-7)1-2-8(12)13/h5H,1-4H2,(H,12,13). The molecule has 0 atom stereocenters. The molecule has 0 spiro atoms. The molecule has 0 radical (unpaired) electrons. The third-order valence-electron chi connectivity index (χ3n) is 2.17. The van der Waals surface area contributed by atoms with Crippen LogP contribution in [-0.4, -0.2) is 30.6 Å². The number of carbonyl (C=O) groups is 2. The van der Waals surface area contributed by atoms with Gasteiger partial charge in [-0.15, -0.1) is 11.3 Å². The number of carbonyl (C=O) groups excluding carboxylic acids is 1. The van der Waals surface area contributed by atoms with Gasteiger partial charge in [-0.2, -0.15) is 0 Å². The van der Waals surface area contributed by atoms with E-state index in [0.29, 0.717) is 42.3 Å². The maximum Gasteiger partial charge on any atom is 0.303 e. The molecule has 2 heterocycles. The highest BCUT2D eigenvalue weighted by Crippen LogP contribution is 2.43. The number of aliphatic carboxylic acids is 1. The first-order valence-electron chi connectivity index (χ1n) is 4.80. The van der Waals surface area contributed by atoms with Crippen molar-refractivity contribution in [2.75, 3.05) is 13.2 Å². The number of carboxylic acid groups (broad SMARTS) is 1. The van der Waals surface area contributed by atoms with E-state index in [0.717, 1.165) is 4.88 Å². The molecule has 1 aromatic heterocycles. The van der Waals surface area contributed by atoms with Crippen molar-refractivity contribution in [2.24, 2.45) is 0 Å². The van der Waals surface area contributed by atoms with Gasteiger partial charge in [0.1, 0.15) is 18.1 Å². The highest BCUT2D eigenvalue weighted by atomic mass is 32.1. The zero-order valence-electron chi connectivity index (χ0n) is 8.39. The van der Waals surface area contributed by atoms with E-state index in [1.165, 1.54) is 11.3 Å². The van der Waals surface area contributed by atoms with Crippen molar-refractivity contribution in [1.82, 2.24) is 0 Å². The molecule has 1 aromatic rings. The number of carboxylic acids is 1. The minimum absolute atomic E-state index is 0.0224. The Labute approximate surface area is 95.6 Å². The van der Waals surface area contributed by atoms with Gasteiger partial charge in [-0.25, -0.2) is 0 Å². The Balaban J connectivity index is 2.27. The van der Waals surface area contributed by atoms with Crippen LogP contribution in [0.4, 0.5) is 0 Å². The number of ether oxygens (including phenoxy) is 2. The van der Waals surface area contributed by atoms with Crippen LogP contribution in [0.25, 0.3) is 0 Å². The van der Waals surface area contributed by atoms with Crippen LogP contribution in [0.5, 0.6) is 11.5 Å². The lowest BCUT2D eigenvalue weighted by atomic mass is 10.2. The lowest BCUT2D eigenvalue weighted by Gasteiger charge is -2.16. The fraction of sp³-hybridized carbons (Fsp3) is 0.400. The molecule has 1 aliphatic heterocycles. The number of aryl methyl sites for hydroxylation is 1. The Morgan fingerprint density at radius 1 is 1.38 bits per heavy atom. The van der Waals surface area contributed by atoms with E-state index in [-0.39, 0.29) is 6.42 Å². The number of hydrogen-bond donors (Lipinski definition) is 1. The zero-order valence-corrected chi connectivity index (χ0v) is 9.21. The molecule has 0 aromatic carbocycles. The van der Waals surface area contributed by atoms with Gasteiger partial charge in [0.2, 0.25) is 0 Å². The second-order valence-corrected chi connectivity index (χ2v) is 4.39. The molecule has 5 nitrogen and oxygen atoms in total. The van der Waals surface area contributed by atoms with Crippen LogP contribution in [0.1, 0.15) is 21.0 Å². The summed E-state index contributed by atoms with van der Waals surface area (Å²) in [6.07, 6.45) is 1.09. The van der Waals surface area contributed by atoms with E-state index in [4.69, 9.17) is 14.6 Å².